The van der Waals surface area contributed by atoms with Crippen LogP contribution in [0.2, 0.25) is 0 Å². The van der Waals surface area contributed by atoms with Gasteiger partial charge in [0.15, 0.2) is 5.11 Å². The molecule has 4 nitrogen and oxygen atoms in total. The Morgan fingerprint density at radius 2 is 1.88 bits per heavy atom. The molecular weight excluding hydrogens is 364 g/mol. The van der Waals surface area contributed by atoms with Gasteiger partial charge in [-0.1, -0.05) is 6.07 Å². The summed E-state index contributed by atoms with van der Waals surface area (Å²) in [4.78, 5) is 13.6. The fourth-order valence-corrected chi connectivity index (χ4v) is 5.45. The van der Waals surface area contributed by atoms with Crippen LogP contribution in [0.25, 0.3) is 0 Å². The molecule has 4 rings (SSSR count). The number of rotatable bonds is 3. The number of carbonyl (C=O) groups is 1. The van der Waals surface area contributed by atoms with Gasteiger partial charge in [0.2, 0.25) is 0 Å². The van der Waals surface area contributed by atoms with Crippen molar-refractivity contribution >= 4 is 45.3 Å². The van der Waals surface area contributed by atoms with Crippen LogP contribution in [0.3, 0.4) is 0 Å². The van der Waals surface area contributed by atoms with Crippen molar-refractivity contribution in [3.05, 3.63) is 45.3 Å². The summed E-state index contributed by atoms with van der Waals surface area (Å²) < 4.78 is 5.02. The van der Waals surface area contributed by atoms with Gasteiger partial charge in [0.25, 0.3) is 0 Å². The lowest BCUT2D eigenvalue weighted by Crippen LogP contribution is -2.20. The molecule has 0 saturated carbocycles. The van der Waals surface area contributed by atoms with Gasteiger partial charge in [0.1, 0.15) is 5.00 Å². The molecule has 0 spiro atoms. The highest BCUT2D eigenvalue weighted by Gasteiger charge is 2.26. The van der Waals surface area contributed by atoms with Crippen molar-refractivity contribution in [1.29, 1.82) is 0 Å². The summed E-state index contributed by atoms with van der Waals surface area (Å²) in [5.74, 6) is -0.285. The number of thiophene rings is 1. The molecule has 2 aliphatic carbocycles. The van der Waals surface area contributed by atoms with Crippen molar-refractivity contribution in [1.82, 2.24) is 0 Å². The molecule has 1 aromatic heterocycles. The van der Waals surface area contributed by atoms with E-state index in [1.807, 2.05) is 0 Å². The number of hydrogen-bond acceptors (Lipinski definition) is 4. The number of hydrogen-bond donors (Lipinski definition) is 2. The molecule has 26 heavy (non-hydrogen) atoms. The van der Waals surface area contributed by atoms with E-state index in [4.69, 9.17) is 17.0 Å². The second-order valence-electron chi connectivity index (χ2n) is 6.82. The lowest BCUT2D eigenvalue weighted by molar-refractivity contribution is 0.0601. The van der Waals surface area contributed by atoms with Gasteiger partial charge in [0, 0.05) is 10.6 Å². The molecule has 0 bridgehead atoms. The number of thiocarbonyl (C=S) groups is 1. The van der Waals surface area contributed by atoms with Crippen LogP contribution >= 0.6 is 23.6 Å². The minimum atomic E-state index is -0.285. The minimum absolute atomic E-state index is 0.285. The summed E-state index contributed by atoms with van der Waals surface area (Å²) in [5, 5.41) is 7.80. The maximum Gasteiger partial charge on any atom is 0.341 e. The highest BCUT2D eigenvalue weighted by atomic mass is 32.1. The largest absolute Gasteiger partial charge is 0.465 e. The summed E-state index contributed by atoms with van der Waals surface area (Å²) in [6.45, 7) is 0. The van der Waals surface area contributed by atoms with Gasteiger partial charge in [-0.2, -0.15) is 0 Å². The molecule has 6 heteroatoms. The van der Waals surface area contributed by atoms with Gasteiger partial charge in [-0.3, -0.25) is 0 Å². The van der Waals surface area contributed by atoms with Crippen LogP contribution in [0, 0.1) is 0 Å². The zero-order valence-electron chi connectivity index (χ0n) is 14.8. The molecule has 0 amide bonds. The highest BCUT2D eigenvalue weighted by molar-refractivity contribution is 7.80. The number of fused-ring (bicyclic) bond motifs is 2. The Kier molecular flexibility index (Phi) is 4.96. The van der Waals surface area contributed by atoms with Crippen molar-refractivity contribution in [2.45, 2.75) is 44.9 Å². The lowest BCUT2D eigenvalue weighted by Gasteiger charge is -2.13. The van der Waals surface area contributed by atoms with E-state index in [9.17, 15) is 4.79 Å². The first-order chi connectivity index (χ1) is 12.7. The molecule has 0 radical (unpaired) electrons. The Hall–Kier alpha value is -1.92. The number of methoxy groups -OCH3 is 1. The second kappa shape index (κ2) is 7.37. The van der Waals surface area contributed by atoms with Gasteiger partial charge in [0.05, 0.1) is 12.7 Å². The third-order valence-corrected chi connectivity index (χ3v) is 6.56. The van der Waals surface area contributed by atoms with Crippen LogP contribution in [-0.4, -0.2) is 18.2 Å². The molecule has 2 aliphatic rings. The van der Waals surface area contributed by atoms with Crippen LogP contribution < -0.4 is 10.6 Å². The van der Waals surface area contributed by atoms with E-state index in [0.717, 1.165) is 41.9 Å². The molecule has 1 aromatic carbocycles. The number of anilines is 2. The molecule has 1 heterocycles. The number of aryl methyl sites for hydroxylation is 3. The lowest BCUT2D eigenvalue weighted by atomic mass is 9.95. The number of esters is 1. The van der Waals surface area contributed by atoms with Gasteiger partial charge < -0.3 is 15.4 Å². The van der Waals surface area contributed by atoms with Crippen LogP contribution in [0.1, 0.15) is 51.2 Å². The molecule has 0 saturated heterocycles. The van der Waals surface area contributed by atoms with E-state index in [0.29, 0.717) is 10.7 Å². The van der Waals surface area contributed by atoms with E-state index in [2.05, 4.69) is 28.8 Å². The van der Waals surface area contributed by atoms with Crippen molar-refractivity contribution in [2.75, 3.05) is 17.7 Å². The van der Waals surface area contributed by atoms with Crippen molar-refractivity contribution in [3.8, 4) is 0 Å². The monoisotopic (exact) mass is 386 g/mol. The van der Waals surface area contributed by atoms with E-state index >= 15 is 0 Å². The summed E-state index contributed by atoms with van der Waals surface area (Å²) in [5.41, 5.74) is 5.62. The first-order valence-electron chi connectivity index (χ1n) is 9.08. The fourth-order valence-electron chi connectivity index (χ4n) is 3.89. The maximum atomic E-state index is 12.3. The Bertz CT molecular complexity index is 873. The number of ether oxygens (including phenoxy) is 1. The van der Waals surface area contributed by atoms with Crippen molar-refractivity contribution < 1.29 is 9.53 Å². The van der Waals surface area contributed by atoms with Crippen LogP contribution in [-0.2, 0) is 30.4 Å². The molecule has 136 valence electrons. The average molecular weight is 387 g/mol. The molecule has 2 aromatic rings. The standard InChI is InChI=1S/C20H22N2O2S2/c1-24-19(23)17-15-7-2-3-8-16(15)26-18(17)22-20(25)21-14-10-9-12-5-4-6-13(12)11-14/h9-11H,2-8H2,1H3,(H2,21,22,25). The normalized spacial score (nSPS) is 15.1. The third-order valence-electron chi connectivity index (χ3n) is 5.14. The van der Waals surface area contributed by atoms with E-state index in [-0.39, 0.29) is 5.97 Å². The molecule has 2 N–H and O–H groups in total. The molecule has 0 aliphatic heterocycles. The quantitative estimate of drug-likeness (QED) is 0.591. The Morgan fingerprint density at radius 1 is 1.08 bits per heavy atom. The smallest absolute Gasteiger partial charge is 0.341 e. The van der Waals surface area contributed by atoms with Crippen molar-refractivity contribution in [3.63, 3.8) is 0 Å². The zero-order chi connectivity index (χ0) is 18.1. The molecular formula is C20H22N2O2S2. The van der Waals surface area contributed by atoms with E-state index in [1.54, 1.807) is 11.3 Å². The van der Waals surface area contributed by atoms with Gasteiger partial charge in [-0.15, -0.1) is 11.3 Å². The molecule has 0 atom stereocenters. The number of carbonyl (C=O) groups excluding carboxylic acids is 1. The van der Waals surface area contributed by atoms with E-state index in [1.165, 1.54) is 42.4 Å². The third kappa shape index (κ3) is 3.35. The van der Waals surface area contributed by atoms with Gasteiger partial charge >= 0.3 is 5.97 Å². The minimum Gasteiger partial charge on any atom is -0.465 e. The summed E-state index contributed by atoms with van der Waals surface area (Å²) in [7, 11) is 1.43. The Balaban J connectivity index is 1.54. The summed E-state index contributed by atoms with van der Waals surface area (Å²) >= 11 is 7.13. The Labute approximate surface area is 163 Å². The maximum absolute atomic E-state index is 12.3. The topological polar surface area (TPSA) is 50.4 Å². The SMILES string of the molecule is COC(=O)c1c(NC(=S)Nc2ccc3c(c2)CCC3)sc2c1CCCC2. The average Bonchev–Trinajstić information content (AvgIpc) is 3.24. The van der Waals surface area contributed by atoms with Gasteiger partial charge in [-0.25, -0.2) is 4.79 Å². The first-order valence-corrected chi connectivity index (χ1v) is 10.3. The predicted octanol–water partition coefficient (Wildman–Crippen LogP) is 4.71. The predicted molar refractivity (Wildman–Crippen MR) is 111 cm³/mol. The Morgan fingerprint density at radius 3 is 2.73 bits per heavy atom. The second-order valence-corrected chi connectivity index (χ2v) is 8.34. The number of nitrogens with one attached hydrogen (secondary N) is 2. The van der Waals surface area contributed by atoms with Crippen LogP contribution in [0.15, 0.2) is 18.2 Å². The van der Waals surface area contributed by atoms with Crippen LogP contribution in [0.4, 0.5) is 10.7 Å². The van der Waals surface area contributed by atoms with Gasteiger partial charge in [-0.05, 0) is 86.0 Å². The molecule has 0 fully saturated rings. The summed E-state index contributed by atoms with van der Waals surface area (Å²) in [6.07, 6.45) is 7.78. The van der Waals surface area contributed by atoms with Crippen molar-refractivity contribution in [2.24, 2.45) is 0 Å². The fraction of sp³-hybridized carbons (Fsp3) is 0.400. The van der Waals surface area contributed by atoms with E-state index < -0.39 is 0 Å². The number of benzene rings is 1. The van der Waals surface area contributed by atoms with Crippen LogP contribution in [0.5, 0.6) is 0 Å². The zero-order valence-corrected chi connectivity index (χ0v) is 16.4. The first kappa shape index (κ1) is 17.5. The molecule has 0 unspecified atom stereocenters. The summed E-state index contributed by atoms with van der Waals surface area (Å²) in [6, 6.07) is 6.42. The highest BCUT2D eigenvalue weighted by Crippen LogP contribution is 2.38.